The zero-order valence-corrected chi connectivity index (χ0v) is 14.0. The molecule has 1 aromatic rings. The molecule has 0 aliphatic rings. The topological polar surface area (TPSA) is 51.2 Å². The van der Waals surface area contributed by atoms with Crippen LogP contribution in [0, 0.1) is 0 Å². The molecule has 0 atom stereocenters. The Morgan fingerprint density at radius 1 is 1.30 bits per heavy atom. The summed E-state index contributed by atoms with van der Waals surface area (Å²) in [7, 11) is 0. The minimum Gasteiger partial charge on any atom is -0.444 e. The molecule has 4 nitrogen and oxygen atoms in total. The fraction of sp³-hybridized carbons (Fsp3) is 0.600. The van der Waals surface area contributed by atoms with Crippen molar-refractivity contribution in [3.8, 4) is 0 Å². The van der Waals surface area contributed by atoms with Crippen LogP contribution in [0.4, 0.5) is 18.0 Å². The molecular weight excluding hydrogens is 333 g/mol. The van der Waals surface area contributed by atoms with Crippen LogP contribution < -0.4 is 5.32 Å². The summed E-state index contributed by atoms with van der Waals surface area (Å²) in [6.45, 7) is 5.72. The van der Waals surface area contributed by atoms with Gasteiger partial charge in [-0.25, -0.2) is 4.79 Å². The van der Waals surface area contributed by atoms with Gasteiger partial charge in [0.05, 0.1) is 16.3 Å². The average molecular weight is 353 g/mol. The van der Waals surface area contributed by atoms with Crippen molar-refractivity contribution in [3.63, 3.8) is 0 Å². The molecule has 0 fully saturated rings. The lowest BCUT2D eigenvalue weighted by Crippen LogP contribution is -2.33. The molecule has 1 rings (SSSR count). The quantitative estimate of drug-likeness (QED) is 0.788. The highest BCUT2D eigenvalue weighted by Crippen LogP contribution is 2.31. The van der Waals surface area contributed by atoms with Gasteiger partial charge in [-0.1, -0.05) is 11.6 Å². The van der Waals surface area contributed by atoms with Crippen LogP contribution in [-0.2, 0) is 17.3 Å². The summed E-state index contributed by atoms with van der Waals surface area (Å²) >= 11 is 5.82. The maximum atomic E-state index is 12.5. The van der Waals surface area contributed by atoms with E-state index in [1.54, 1.807) is 20.8 Å². The van der Waals surface area contributed by atoms with Crippen molar-refractivity contribution in [2.45, 2.75) is 51.8 Å². The number of ether oxygens (including phenoxy) is 1. The van der Waals surface area contributed by atoms with Crippen molar-refractivity contribution < 1.29 is 22.7 Å². The first-order valence-electron chi connectivity index (χ1n) is 7.17. The third kappa shape index (κ3) is 7.54. The molecule has 0 aliphatic carbocycles. The minimum atomic E-state index is -4.45. The van der Waals surface area contributed by atoms with Crippen LogP contribution in [0.5, 0.6) is 0 Å². The van der Waals surface area contributed by atoms with Gasteiger partial charge in [-0.2, -0.15) is 13.2 Å². The van der Waals surface area contributed by atoms with Gasteiger partial charge < -0.3 is 10.1 Å². The number of alkyl halides is 3. The Balaban J connectivity index is 2.35. The van der Waals surface area contributed by atoms with Gasteiger partial charge in [-0.05, 0) is 46.1 Å². The van der Waals surface area contributed by atoms with E-state index in [2.05, 4.69) is 10.3 Å². The number of rotatable bonds is 5. The third-order valence-corrected chi connectivity index (χ3v) is 3.08. The van der Waals surface area contributed by atoms with Crippen LogP contribution in [0.1, 0.15) is 44.9 Å². The molecular formula is C15H20ClF3N2O2. The molecule has 8 heteroatoms. The molecule has 0 spiro atoms. The number of carbonyl (C=O) groups excluding carboxylic acids is 1. The van der Waals surface area contributed by atoms with E-state index in [4.69, 9.17) is 16.3 Å². The van der Waals surface area contributed by atoms with E-state index in [-0.39, 0.29) is 5.02 Å². The Morgan fingerprint density at radius 2 is 1.96 bits per heavy atom. The summed E-state index contributed by atoms with van der Waals surface area (Å²) in [5, 5.41) is 2.61. The highest BCUT2D eigenvalue weighted by molar-refractivity contribution is 6.31. The number of hydrogen-bond acceptors (Lipinski definition) is 3. The largest absolute Gasteiger partial charge is 0.444 e. The van der Waals surface area contributed by atoms with E-state index in [1.165, 1.54) is 0 Å². The second-order valence-electron chi connectivity index (χ2n) is 6.04. The molecule has 0 bridgehead atoms. The van der Waals surface area contributed by atoms with E-state index >= 15 is 0 Å². The number of pyridine rings is 1. The molecule has 0 aromatic carbocycles. The van der Waals surface area contributed by atoms with Crippen LogP contribution in [0.25, 0.3) is 0 Å². The maximum absolute atomic E-state index is 12.5. The van der Waals surface area contributed by atoms with Gasteiger partial charge in [0.15, 0.2) is 0 Å². The number of aromatic nitrogens is 1. The first kappa shape index (κ1) is 19.5. The molecule has 23 heavy (non-hydrogen) atoms. The van der Waals surface area contributed by atoms with E-state index in [0.29, 0.717) is 31.5 Å². The fourth-order valence-electron chi connectivity index (χ4n) is 1.73. The Labute approximate surface area is 138 Å². The molecule has 0 aliphatic heterocycles. The smallest absolute Gasteiger partial charge is 0.417 e. The monoisotopic (exact) mass is 352 g/mol. The molecule has 0 radical (unpaired) electrons. The van der Waals surface area contributed by atoms with Gasteiger partial charge in [0.25, 0.3) is 0 Å². The van der Waals surface area contributed by atoms with Crippen LogP contribution in [0.3, 0.4) is 0 Å². The number of amides is 1. The highest BCUT2D eigenvalue weighted by atomic mass is 35.5. The Kier molecular flexibility index (Phi) is 6.68. The average Bonchev–Trinajstić information content (AvgIpc) is 2.36. The lowest BCUT2D eigenvalue weighted by Gasteiger charge is -2.19. The first-order valence-corrected chi connectivity index (χ1v) is 7.55. The second kappa shape index (κ2) is 7.86. The highest BCUT2D eigenvalue weighted by Gasteiger charge is 2.31. The summed E-state index contributed by atoms with van der Waals surface area (Å²) in [5.74, 6) is 0. The van der Waals surface area contributed by atoms with Gasteiger partial charge in [0.1, 0.15) is 5.60 Å². The van der Waals surface area contributed by atoms with Crippen LogP contribution in [0.2, 0.25) is 5.02 Å². The zero-order chi connectivity index (χ0) is 17.7. The van der Waals surface area contributed by atoms with Crippen LogP contribution in [-0.4, -0.2) is 23.2 Å². The second-order valence-corrected chi connectivity index (χ2v) is 6.44. The van der Waals surface area contributed by atoms with Gasteiger partial charge >= 0.3 is 12.3 Å². The maximum Gasteiger partial charge on any atom is 0.417 e. The molecule has 0 unspecified atom stereocenters. The van der Waals surface area contributed by atoms with Gasteiger partial charge in [0.2, 0.25) is 0 Å². The molecule has 130 valence electrons. The molecule has 1 aromatic heterocycles. The molecule has 1 heterocycles. The van der Waals surface area contributed by atoms with E-state index < -0.39 is 23.4 Å². The van der Waals surface area contributed by atoms with Crippen molar-refractivity contribution in [3.05, 3.63) is 28.5 Å². The fourth-order valence-corrected chi connectivity index (χ4v) is 1.99. The van der Waals surface area contributed by atoms with Crippen molar-refractivity contribution in [2.75, 3.05) is 6.54 Å². The van der Waals surface area contributed by atoms with Crippen molar-refractivity contribution >= 4 is 17.7 Å². The van der Waals surface area contributed by atoms with Crippen molar-refractivity contribution in [1.82, 2.24) is 10.3 Å². The number of nitrogens with one attached hydrogen (secondary N) is 1. The SMILES string of the molecule is CC(C)(C)OC(=O)NCCCCc1ncc(C(F)(F)F)cc1Cl. The van der Waals surface area contributed by atoms with Gasteiger partial charge in [0, 0.05) is 12.7 Å². The lowest BCUT2D eigenvalue weighted by molar-refractivity contribution is -0.137. The summed E-state index contributed by atoms with van der Waals surface area (Å²) in [4.78, 5) is 15.2. The van der Waals surface area contributed by atoms with E-state index in [1.807, 2.05) is 0 Å². The van der Waals surface area contributed by atoms with Gasteiger partial charge in [-0.15, -0.1) is 0 Å². The number of carbonyl (C=O) groups is 1. The van der Waals surface area contributed by atoms with E-state index in [9.17, 15) is 18.0 Å². The number of hydrogen-bond donors (Lipinski definition) is 1. The summed E-state index contributed by atoms with van der Waals surface area (Å²) in [6, 6.07) is 0.878. The van der Waals surface area contributed by atoms with Crippen molar-refractivity contribution in [2.24, 2.45) is 0 Å². The summed E-state index contributed by atoms with van der Waals surface area (Å²) in [5.41, 5.74) is -1.00. The van der Waals surface area contributed by atoms with Crippen LogP contribution in [0.15, 0.2) is 12.3 Å². The molecule has 1 amide bonds. The van der Waals surface area contributed by atoms with Gasteiger partial charge in [-0.3, -0.25) is 4.98 Å². The Hall–Kier alpha value is -1.50. The number of unbranched alkanes of at least 4 members (excludes halogenated alkanes) is 1. The predicted octanol–water partition coefficient (Wildman–Crippen LogP) is 4.60. The number of nitrogens with zero attached hydrogens (tertiary/aromatic N) is 1. The molecule has 1 N–H and O–H groups in total. The summed E-state index contributed by atoms with van der Waals surface area (Å²) in [6.07, 6.45) is -2.46. The van der Waals surface area contributed by atoms with Crippen LogP contribution >= 0.6 is 11.6 Å². The summed E-state index contributed by atoms with van der Waals surface area (Å²) < 4.78 is 42.6. The zero-order valence-electron chi connectivity index (χ0n) is 13.3. The Bertz CT molecular complexity index is 543. The number of alkyl carbamates (subject to hydrolysis) is 1. The molecule has 0 saturated carbocycles. The minimum absolute atomic E-state index is 0.0000681. The molecule has 0 saturated heterocycles. The Morgan fingerprint density at radius 3 is 2.48 bits per heavy atom. The van der Waals surface area contributed by atoms with E-state index in [0.717, 1.165) is 12.3 Å². The number of aryl methyl sites for hydroxylation is 1. The normalized spacial score (nSPS) is 12.1. The third-order valence-electron chi connectivity index (χ3n) is 2.75. The first-order chi connectivity index (χ1) is 10.5. The lowest BCUT2D eigenvalue weighted by atomic mass is 10.1. The predicted molar refractivity (Wildman–Crippen MR) is 81.4 cm³/mol. The standard InChI is InChI=1S/C15H20ClF3N2O2/c1-14(2,3)23-13(22)20-7-5-4-6-12-11(16)8-10(9-21-12)15(17,18)19/h8-9H,4-7H2,1-3H3,(H,20,22). The number of halogens is 4. The van der Waals surface area contributed by atoms with Crippen molar-refractivity contribution in [1.29, 1.82) is 0 Å².